The van der Waals surface area contributed by atoms with E-state index in [1.807, 2.05) is 0 Å². The largest absolute Gasteiger partial charge is 0.466 e. The van der Waals surface area contributed by atoms with Gasteiger partial charge in [-0.25, -0.2) is 0 Å². The summed E-state index contributed by atoms with van der Waals surface area (Å²) in [5.74, 6) is 0.414. The van der Waals surface area contributed by atoms with Gasteiger partial charge in [0.05, 0.1) is 5.56 Å². The number of aryl methyl sites for hydroxylation is 2. The minimum atomic E-state index is -4.38. The van der Waals surface area contributed by atoms with E-state index in [0.29, 0.717) is 37.7 Å². The second-order valence-corrected chi connectivity index (χ2v) is 5.38. The molecule has 0 bridgehead atoms. The first-order valence-electron chi connectivity index (χ1n) is 7.15. The smallest absolute Gasteiger partial charge is 0.405 e. The van der Waals surface area contributed by atoms with Crippen LogP contribution < -0.4 is 10.6 Å². The summed E-state index contributed by atoms with van der Waals surface area (Å²) in [7, 11) is 0. The molecular formula is C14H21ClF3N3O2. The number of alkyl halides is 3. The Morgan fingerprint density at radius 1 is 1.39 bits per heavy atom. The van der Waals surface area contributed by atoms with Crippen LogP contribution in [0, 0.1) is 13.8 Å². The van der Waals surface area contributed by atoms with Gasteiger partial charge in [0.2, 0.25) is 0 Å². The molecule has 1 aromatic rings. The quantitative estimate of drug-likeness (QED) is 0.866. The standard InChI is InChI=1S/C14H20F3N3O2.ClH/c1-9-7-11(10(2)22-9)13(21)19-8-12(14(15,16)17)20-5-3-18-4-6-20;/h7,12,18H,3-6,8H2,1-2H3,(H,19,21);1H. The molecule has 0 aliphatic carbocycles. The average molecular weight is 356 g/mol. The van der Waals surface area contributed by atoms with Crippen molar-refractivity contribution in [1.82, 2.24) is 15.5 Å². The van der Waals surface area contributed by atoms with Crippen LogP contribution >= 0.6 is 12.4 Å². The van der Waals surface area contributed by atoms with Crippen molar-refractivity contribution >= 4 is 18.3 Å². The third kappa shape index (κ3) is 5.12. The highest BCUT2D eigenvalue weighted by molar-refractivity contribution is 5.95. The summed E-state index contributed by atoms with van der Waals surface area (Å²) in [4.78, 5) is 13.4. The summed E-state index contributed by atoms with van der Waals surface area (Å²) in [6.07, 6.45) is -4.38. The molecule has 1 atom stereocenters. The Bertz CT molecular complexity index is 528. The molecular weight excluding hydrogens is 335 g/mol. The molecule has 1 unspecified atom stereocenters. The maximum atomic E-state index is 13.2. The predicted octanol–water partition coefficient (Wildman–Crippen LogP) is 1.88. The van der Waals surface area contributed by atoms with Crippen LogP contribution in [0.2, 0.25) is 0 Å². The number of halogens is 4. The highest BCUT2D eigenvalue weighted by Gasteiger charge is 2.43. The molecule has 9 heteroatoms. The van der Waals surface area contributed by atoms with Crippen molar-refractivity contribution in [2.24, 2.45) is 0 Å². The zero-order valence-corrected chi connectivity index (χ0v) is 13.8. The van der Waals surface area contributed by atoms with Crippen LogP contribution in [0.5, 0.6) is 0 Å². The maximum absolute atomic E-state index is 13.2. The number of furan rings is 1. The number of nitrogens with one attached hydrogen (secondary N) is 2. The molecule has 132 valence electrons. The number of piperazine rings is 1. The SMILES string of the molecule is Cc1cc(C(=O)NCC(N2CCNCC2)C(F)(F)F)c(C)o1.Cl. The summed E-state index contributed by atoms with van der Waals surface area (Å²) in [6, 6.07) is -0.148. The molecule has 23 heavy (non-hydrogen) atoms. The number of hydrogen-bond acceptors (Lipinski definition) is 4. The molecule has 1 saturated heterocycles. The molecule has 0 aromatic carbocycles. The molecule has 2 heterocycles. The normalized spacial score (nSPS) is 17.4. The van der Waals surface area contributed by atoms with E-state index in [1.54, 1.807) is 13.8 Å². The third-order valence-electron chi connectivity index (χ3n) is 3.71. The molecule has 1 fully saturated rings. The van der Waals surface area contributed by atoms with E-state index in [1.165, 1.54) is 11.0 Å². The van der Waals surface area contributed by atoms with Crippen molar-refractivity contribution in [2.45, 2.75) is 26.1 Å². The molecule has 1 aromatic heterocycles. The van der Waals surface area contributed by atoms with Crippen molar-refractivity contribution in [3.8, 4) is 0 Å². The number of nitrogens with zero attached hydrogens (tertiary/aromatic N) is 1. The lowest BCUT2D eigenvalue weighted by Gasteiger charge is -2.35. The molecule has 1 aliphatic heterocycles. The second-order valence-electron chi connectivity index (χ2n) is 5.38. The van der Waals surface area contributed by atoms with Crippen LogP contribution in [0.3, 0.4) is 0 Å². The molecule has 1 aliphatic rings. The van der Waals surface area contributed by atoms with E-state index in [2.05, 4.69) is 10.6 Å². The third-order valence-corrected chi connectivity index (χ3v) is 3.71. The number of carbonyl (C=O) groups excluding carboxylic acids is 1. The zero-order valence-electron chi connectivity index (χ0n) is 13.0. The van der Waals surface area contributed by atoms with Crippen molar-refractivity contribution in [3.05, 3.63) is 23.2 Å². The van der Waals surface area contributed by atoms with Gasteiger partial charge in [0.1, 0.15) is 17.6 Å². The molecule has 2 N–H and O–H groups in total. The van der Waals surface area contributed by atoms with Gasteiger partial charge in [-0.1, -0.05) is 0 Å². The minimum Gasteiger partial charge on any atom is -0.466 e. The van der Waals surface area contributed by atoms with E-state index < -0.39 is 24.7 Å². The Kier molecular flexibility index (Phi) is 6.91. The van der Waals surface area contributed by atoms with Gasteiger partial charge in [-0.05, 0) is 19.9 Å². The Morgan fingerprint density at radius 2 is 2.00 bits per heavy atom. The summed E-state index contributed by atoms with van der Waals surface area (Å²) >= 11 is 0. The van der Waals surface area contributed by atoms with Crippen molar-refractivity contribution in [3.63, 3.8) is 0 Å². The van der Waals surface area contributed by atoms with Crippen LogP contribution in [-0.2, 0) is 0 Å². The summed E-state index contributed by atoms with van der Waals surface area (Å²) in [5.41, 5.74) is 0.277. The fourth-order valence-corrected chi connectivity index (χ4v) is 2.59. The number of rotatable bonds is 4. The first kappa shape index (κ1) is 19.8. The van der Waals surface area contributed by atoms with Gasteiger partial charge in [0.15, 0.2) is 0 Å². The van der Waals surface area contributed by atoms with Gasteiger partial charge in [-0.2, -0.15) is 13.2 Å². The van der Waals surface area contributed by atoms with Crippen LogP contribution in [-0.4, -0.2) is 55.7 Å². The van der Waals surface area contributed by atoms with Gasteiger partial charge >= 0.3 is 6.18 Å². The predicted molar refractivity (Wildman–Crippen MR) is 82.0 cm³/mol. The molecule has 2 rings (SSSR count). The van der Waals surface area contributed by atoms with Gasteiger partial charge in [-0.3, -0.25) is 9.69 Å². The topological polar surface area (TPSA) is 57.5 Å². The highest BCUT2D eigenvalue weighted by Crippen LogP contribution is 2.25. The minimum absolute atomic E-state index is 0. The monoisotopic (exact) mass is 355 g/mol. The van der Waals surface area contributed by atoms with Crippen LogP contribution in [0.1, 0.15) is 21.9 Å². The molecule has 5 nitrogen and oxygen atoms in total. The fraction of sp³-hybridized carbons (Fsp3) is 0.643. The lowest BCUT2D eigenvalue weighted by atomic mass is 10.2. The number of amides is 1. The lowest BCUT2D eigenvalue weighted by Crippen LogP contribution is -2.57. The van der Waals surface area contributed by atoms with Gasteiger partial charge in [-0.15, -0.1) is 12.4 Å². The molecule has 1 amide bonds. The van der Waals surface area contributed by atoms with Gasteiger partial charge < -0.3 is 15.1 Å². The average Bonchev–Trinajstić information content (AvgIpc) is 2.77. The van der Waals surface area contributed by atoms with Crippen molar-refractivity contribution < 1.29 is 22.4 Å². The van der Waals surface area contributed by atoms with E-state index >= 15 is 0 Å². The Balaban J connectivity index is 0.00000264. The summed E-state index contributed by atoms with van der Waals surface area (Å²) < 4.78 is 44.9. The van der Waals surface area contributed by atoms with E-state index in [0.717, 1.165) is 0 Å². The Morgan fingerprint density at radius 3 is 2.48 bits per heavy atom. The zero-order chi connectivity index (χ0) is 16.3. The lowest BCUT2D eigenvalue weighted by molar-refractivity contribution is -0.183. The maximum Gasteiger partial charge on any atom is 0.405 e. The van der Waals surface area contributed by atoms with Crippen LogP contribution in [0.15, 0.2) is 10.5 Å². The van der Waals surface area contributed by atoms with Crippen LogP contribution in [0.4, 0.5) is 13.2 Å². The Labute approximate surface area is 139 Å². The molecule has 0 spiro atoms. The summed E-state index contributed by atoms with van der Waals surface area (Å²) in [6.45, 7) is 4.48. The molecule has 0 saturated carbocycles. The second kappa shape index (κ2) is 8.03. The summed E-state index contributed by atoms with van der Waals surface area (Å²) in [5, 5.41) is 5.39. The number of hydrogen-bond donors (Lipinski definition) is 2. The van der Waals surface area contributed by atoms with Gasteiger partial charge in [0.25, 0.3) is 5.91 Å². The fourth-order valence-electron chi connectivity index (χ4n) is 2.59. The van der Waals surface area contributed by atoms with Crippen LogP contribution in [0.25, 0.3) is 0 Å². The number of carbonyl (C=O) groups is 1. The first-order chi connectivity index (χ1) is 10.3. The first-order valence-corrected chi connectivity index (χ1v) is 7.15. The molecule has 0 radical (unpaired) electrons. The highest BCUT2D eigenvalue weighted by atomic mass is 35.5. The van der Waals surface area contributed by atoms with E-state index in [4.69, 9.17) is 4.42 Å². The van der Waals surface area contributed by atoms with Crippen molar-refractivity contribution in [2.75, 3.05) is 32.7 Å². The van der Waals surface area contributed by atoms with E-state index in [9.17, 15) is 18.0 Å². The van der Waals surface area contributed by atoms with E-state index in [-0.39, 0.29) is 18.0 Å². The van der Waals surface area contributed by atoms with Gasteiger partial charge in [0, 0.05) is 32.7 Å². The van der Waals surface area contributed by atoms with Crippen molar-refractivity contribution in [1.29, 1.82) is 0 Å². The Hall–Kier alpha value is -1.25.